The first kappa shape index (κ1) is 21.1. The SMILES string of the molecule is COC(=O)c1c(C)nc2ccn(-c3cccc(OC)c3)c(=O)c2c1-c1ccc(OC)cc1. The van der Waals surface area contributed by atoms with Gasteiger partial charge in [-0.1, -0.05) is 18.2 Å². The van der Waals surface area contributed by atoms with Crippen molar-refractivity contribution in [3.8, 4) is 28.3 Å². The molecule has 7 heteroatoms. The average Bonchev–Trinajstić information content (AvgIpc) is 2.83. The summed E-state index contributed by atoms with van der Waals surface area (Å²) in [4.78, 5) is 31.0. The molecule has 2 heterocycles. The molecule has 4 rings (SSSR count). The number of hydrogen-bond donors (Lipinski definition) is 0. The molecule has 0 unspecified atom stereocenters. The Bertz CT molecular complexity index is 1370. The van der Waals surface area contributed by atoms with Crippen LogP contribution in [0.15, 0.2) is 65.6 Å². The van der Waals surface area contributed by atoms with Crippen molar-refractivity contribution in [3.63, 3.8) is 0 Å². The number of aryl methyl sites for hydroxylation is 1. The largest absolute Gasteiger partial charge is 0.497 e. The monoisotopic (exact) mass is 430 g/mol. The number of ether oxygens (including phenoxy) is 3. The molecule has 2 aromatic carbocycles. The maximum Gasteiger partial charge on any atom is 0.340 e. The molecule has 7 nitrogen and oxygen atoms in total. The Kier molecular flexibility index (Phi) is 5.64. The van der Waals surface area contributed by atoms with Gasteiger partial charge in [0, 0.05) is 17.8 Å². The third-order valence-electron chi connectivity index (χ3n) is 5.32. The van der Waals surface area contributed by atoms with E-state index < -0.39 is 5.97 Å². The zero-order valence-corrected chi connectivity index (χ0v) is 18.2. The van der Waals surface area contributed by atoms with Crippen LogP contribution in [0.4, 0.5) is 0 Å². The molecule has 2 aromatic heterocycles. The van der Waals surface area contributed by atoms with E-state index in [1.54, 1.807) is 57.7 Å². The minimum atomic E-state index is -0.557. The van der Waals surface area contributed by atoms with Crippen LogP contribution in [0.5, 0.6) is 11.5 Å². The van der Waals surface area contributed by atoms with E-state index in [9.17, 15) is 9.59 Å². The van der Waals surface area contributed by atoms with Gasteiger partial charge in [-0.15, -0.1) is 0 Å². The fourth-order valence-electron chi connectivity index (χ4n) is 3.76. The maximum atomic E-state index is 13.7. The molecular formula is C25H22N2O5. The lowest BCUT2D eigenvalue weighted by atomic mass is 9.95. The van der Waals surface area contributed by atoms with Gasteiger partial charge in [0.2, 0.25) is 0 Å². The fourth-order valence-corrected chi connectivity index (χ4v) is 3.76. The van der Waals surface area contributed by atoms with Gasteiger partial charge in [0.05, 0.1) is 49.2 Å². The quantitative estimate of drug-likeness (QED) is 0.442. The van der Waals surface area contributed by atoms with Crippen molar-refractivity contribution in [3.05, 3.63) is 82.4 Å². The van der Waals surface area contributed by atoms with Crippen LogP contribution in [0.1, 0.15) is 16.1 Å². The molecule has 4 aromatic rings. The molecule has 0 amide bonds. The van der Waals surface area contributed by atoms with Crippen LogP contribution in [-0.4, -0.2) is 36.8 Å². The summed E-state index contributed by atoms with van der Waals surface area (Å²) in [6, 6.07) is 16.1. The molecule has 0 saturated carbocycles. The summed E-state index contributed by atoms with van der Waals surface area (Å²) in [5.74, 6) is 0.735. The van der Waals surface area contributed by atoms with E-state index >= 15 is 0 Å². The molecule has 32 heavy (non-hydrogen) atoms. The molecule has 0 aliphatic heterocycles. The molecule has 0 N–H and O–H groups in total. The first-order chi connectivity index (χ1) is 15.5. The van der Waals surface area contributed by atoms with Gasteiger partial charge in [-0.2, -0.15) is 0 Å². The Morgan fingerprint density at radius 1 is 0.938 bits per heavy atom. The Morgan fingerprint density at radius 2 is 1.66 bits per heavy atom. The molecule has 0 spiro atoms. The number of nitrogens with zero attached hydrogens (tertiary/aromatic N) is 2. The zero-order valence-electron chi connectivity index (χ0n) is 18.2. The molecule has 0 fully saturated rings. The summed E-state index contributed by atoms with van der Waals surface area (Å²) < 4.78 is 17.1. The molecule has 0 atom stereocenters. The Balaban J connectivity index is 2.10. The highest BCUT2D eigenvalue weighted by Crippen LogP contribution is 2.33. The predicted octanol–water partition coefficient (Wildman–Crippen LogP) is 4.16. The number of esters is 1. The summed E-state index contributed by atoms with van der Waals surface area (Å²) >= 11 is 0. The van der Waals surface area contributed by atoms with Gasteiger partial charge in [0.25, 0.3) is 5.56 Å². The van der Waals surface area contributed by atoms with Crippen LogP contribution in [0.25, 0.3) is 27.7 Å². The third kappa shape index (κ3) is 3.58. The van der Waals surface area contributed by atoms with Crippen molar-refractivity contribution >= 4 is 16.9 Å². The van der Waals surface area contributed by atoms with E-state index in [1.807, 2.05) is 24.3 Å². The van der Waals surface area contributed by atoms with E-state index in [2.05, 4.69) is 4.98 Å². The maximum absolute atomic E-state index is 13.7. The smallest absolute Gasteiger partial charge is 0.340 e. The summed E-state index contributed by atoms with van der Waals surface area (Å²) in [5, 5.41) is 0.325. The van der Waals surface area contributed by atoms with Crippen molar-refractivity contribution in [1.82, 2.24) is 9.55 Å². The number of hydrogen-bond acceptors (Lipinski definition) is 6. The first-order valence-corrected chi connectivity index (χ1v) is 9.91. The van der Waals surface area contributed by atoms with Gasteiger partial charge < -0.3 is 14.2 Å². The van der Waals surface area contributed by atoms with Crippen LogP contribution < -0.4 is 15.0 Å². The summed E-state index contributed by atoms with van der Waals surface area (Å²) in [7, 11) is 4.45. The number of pyridine rings is 2. The van der Waals surface area contributed by atoms with Crippen molar-refractivity contribution in [2.75, 3.05) is 21.3 Å². The third-order valence-corrected chi connectivity index (χ3v) is 5.32. The second-order valence-electron chi connectivity index (χ2n) is 7.12. The van der Waals surface area contributed by atoms with E-state index in [0.717, 1.165) is 0 Å². The standard InChI is InChI=1S/C25H22N2O5/c1-15-21(25(29)32-4)22(16-8-10-18(30-2)11-9-16)23-20(26-15)12-13-27(24(23)28)17-6-5-7-19(14-17)31-3/h5-14H,1-4H3. The number of aromatic nitrogens is 2. The number of fused-ring (bicyclic) bond motifs is 1. The average molecular weight is 430 g/mol. The van der Waals surface area contributed by atoms with Crippen molar-refractivity contribution in [2.45, 2.75) is 6.92 Å². The number of benzene rings is 2. The molecule has 0 aliphatic rings. The molecule has 0 bridgehead atoms. The lowest BCUT2D eigenvalue weighted by Crippen LogP contribution is -2.20. The Hall–Kier alpha value is -4.13. The highest BCUT2D eigenvalue weighted by atomic mass is 16.5. The summed E-state index contributed by atoms with van der Waals surface area (Å²) in [6.07, 6.45) is 1.67. The highest BCUT2D eigenvalue weighted by molar-refractivity contribution is 6.07. The fraction of sp³-hybridized carbons (Fsp3) is 0.160. The second kappa shape index (κ2) is 8.55. The van der Waals surface area contributed by atoms with E-state index in [0.29, 0.717) is 44.9 Å². The number of carbonyl (C=O) groups excluding carboxylic acids is 1. The molecular weight excluding hydrogens is 408 g/mol. The number of rotatable bonds is 5. The van der Waals surface area contributed by atoms with Crippen LogP contribution >= 0.6 is 0 Å². The Morgan fingerprint density at radius 3 is 2.31 bits per heavy atom. The zero-order chi connectivity index (χ0) is 22.8. The molecule has 0 radical (unpaired) electrons. The van der Waals surface area contributed by atoms with Crippen LogP contribution in [0.2, 0.25) is 0 Å². The van der Waals surface area contributed by atoms with E-state index in [-0.39, 0.29) is 11.1 Å². The van der Waals surface area contributed by atoms with Gasteiger partial charge in [0.15, 0.2) is 0 Å². The lowest BCUT2D eigenvalue weighted by molar-refractivity contribution is 0.0600. The minimum absolute atomic E-state index is 0.255. The predicted molar refractivity (Wildman–Crippen MR) is 122 cm³/mol. The van der Waals surface area contributed by atoms with Gasteiger partial charge in [-0.25, -0.2) is 4.79 Å². The van der Waals surface area contributed by atoms with E-state index in [4.69, 9.17) is 14.2 Å². The number of methoxy groups -OCH3 is 3. The Labute approximate surface area is 184 Å². The normalized spacial score (nSPS) is 10.8. The van der Waals surface area contributed by atoms with Gasteiger partial charge >= 0.3 is 5.97 Å². The van der Waals surface area contributed by atoms with Gasteiger partial charge in [0.1, 0.15) is 11.5 Å². The van der Waals surface area contributed by atoms with Crippen LogP contribution in [-0.2, 0) is 4.74 Å². The molecule has 162 valence electrons. The number of carbonyl (C=O) groups is 1. The van der Waals surface area contributed by atoms with Crippen LogP contribution in [0, 0.1) is 6.92 Å². The molecule has 0 aliphatic carbocycles. The van der Waals surface area contributed by atoms with E-state index in [1.165, 1.54) is 11.7 Å². The highest BCUT2D eigenvalue weighted by Gasteiger charge is 2.23. The van der Waals surface area contributed by atoms with Crippen LogP contribution in [0.3, 0.4) is 0 Å². The van der Waals surface area contributed by atoms with Gasteiger partial charge in [-0.05, 0) is 42.8 Å². The van der Waals surface area contributed by atoms with Gasteiger partial charge in [-0.3, -0.25) is 14.3 Å². The topological polar surface area (TPSA) is 79.6 Å². The second-order valence-corrected chi connectivity index (χ2v) is 7.12. The molecule has 0 saturated heterocycles. The van der Waals surface area contributed by atoms with Crippen molar-refractivity contribution < 1.29 is 19.0 Å². The lowest BCUT2D eigenvalue weighted by Gasteiger charge is -2.16. The summed E-state index contributed by atoms with van der Waals surface area (Å²) in [5.41, 5.74) is 2.72. The first-order valence-electron chi connectivity index (χ1n) is 9.91. The van der Waals surface area contributed by atoms with Crippen molar-refractivity contribution in [2.24, 2.45) is 0 Å². The summed E-state index contributed by atoms with van der Waals surface area (Å²) in [6.45, 7) is 1.73. The minimum Gasteiger partial charge on any atom is -0.497 e. The van der Waals surface area contributed by atoms with Crippen molar-refractivity contribution in [1.29, 1.82) is 0 Å².